The van der Waals surface area contributed by atoms with Gasteiger partial charge in [0, 0.05) is 5.38 Å². The Morgan fingerprint density at radius 2 is 1.88 bits per heavy atom. The van der Waals surface area contributed by atoms with Crippen LogP contribution >= 0.6 is 11.3 Å². The van der Waals surface area contributed by atoms with Gasteiger partial charge in [0.1, 0.15) is 11.3 Å². The molecule has 5 rings (SSSR count). The molecule has 3 aromatic heterocycles. The number of fused-ring (bicyclic) bond motifs is 1. The van der Waals surface area contributed by atoms with Crippen molar-refractivity contribution >= 4 is 22.5 Å². The van der Waals surface area contributed by atoms with Crippen molar-refractivity contribution in [3.63, 3.8) is 0 Å². The second-order valence-corrected chi connectivity index (χ2v) is 7.73. The number of rotatable bonds is 6. The Bertz CT molecular complexity index is 1460. The standard InChI is InChI=1S/C22H18N6O3S/c1-30-17-10-6-9-16(19(17)31-2)21-24-14(12-32-21)11-27-13-23-20-18(22(27)29)25-26-28(20)15-7-4-3-5-8-15/h3-10,12-13H,11H2,1-2H3. The molecule has 0 fully saturated rings. The number of para-hydroxylation sites is 2. The highest BCUT2D eigenvalue weighted by Gasteiger charge is 2.17. The Balaban J connectivity index is 1.47. The first kappa shape index (κ1) is 19.9. The number of nitrogens with zero attached hydrogens (tertiary/aromatic N) is 6. The van der Waals surface area contributed by atoms with Crippen LogP contribution < -0.4 is 15.0 Å². The first-order chi connectivity index (χ1) is 15.7. The molecule has 0 N–H and O–H groups in total. The highest BCUT2D eigenvalue weighted by Crippen LogP contribution is 2.39. The van der Waals surface area contributed by atoms with Gasteiger partial charge in [-0.15, -0.1) is 16.4 Å². The number of ether oxygens (including phenoxy) is 2. The molecule has 0 unspecified atom stereocenters. The first-order valence-electron chi connectivity index (χ1n) is 9.71. The van der Waals surface area contributed by atoms with Crippen LogP contribution in [0.2, 0.25) is 0 Å². The molecule has 2 aromatic carbocycles. The largest absolute Gasteiger partial charge is 0.493 e. The van der Waals surface area contributed by atoms with Crippen molar-refractivity contribution in [2.24, 2.45) is 0 Å². The lowest BCUT2D eigenvalue weighted by Gasteiger charge is -2.10. The Kier molecular flexibility index (Phi) is 5.12. The fourth-order valence-electron chi connectivity index (χ4n) is 3.43. The average molecular weight is 446 g/mol. The van der Waals surface area contributed by atoms with E-state index in [9.17, 15) is 4.79 Å². The molecule has 9 nitrogen and oxygen atoms in total. The van der Waals surface area contributed by atoms with Crippen LogP contribution in [0.4, 0.5) is 0 Å². The van der Waals surface area contributed by atoms with Crippen LogP contribution in [0.15, 0.2) is 65.0 Å². The summed E-state index contributed by atoms with van der Waals surface area (Å²) in [6.07, 6.45) is 1.50. The van der Waals surface area contributed by atoms with Crippen molar-refractivity contribution in [1.82, 2.24) is 29.5 Å². The minimum absolute atomic E-state index is 0.210. The molecular formula is C22H18N6O3S. The van der Waals surface area contributed by atoms with Crippen molar-refractivity contribution in [2.45, 2.75) is 6.54 Å². The maximum atomic E-state index is 13.0. The third-order valence-corrected chi connectivity index (χ3v) is 5.87. The molecule has 0 atom stereocenters. The lowest BCUT2D eigenvalue weighted by molar-refractivity contribution is 0.356. The number of hydrogen-bond donors (Lipinski definition) is 0. The molecule has 0 saturated heterocycles. The summed E-state index contributed by atoms with van der Waals surface area (Å²) in [4.78, 5) is 22.1. The molecule has 0 radical (unpaired) electrons. The molecule has 32 heavy (non-hydrogen) atoms. The fraction of sp³-hybridized carbons (Fsp3) is 0.136. The maximum Gasteiger partial charge on any atom is 0.283 e. The number of hydrogen-bond acceptors (Lipinski definition) is 8. The summed E-state index contributed by atoms with van der Waals surface area (Å²) in [5.41, 5.74) is 2.70. The Morgan fingerprint density at radius 3 is 2.66 bits per heavy atom. The number of aromatic nitrogens is 6. The molecule has 0 aliphatic heterocycles. The quantitative estimate of drug-likeness (QED) is 0.395. The SMILES string of the molecule is COc1cccc(-c2nc(Cn3cnc4c(nnn4-c4ccccc4)c3=O)cs2)c1OC. The van der Waals surface area contributed by atoms with E-state index < -0.39 is 0 Å². The zero-order valence-electron chi connectivity index (χ0n) is 17.3. The average Bonchev–Trinajstić information content (AvgIpc) is 3.48. The van der Waals surface area contributed by atoms with Gasteiger partial charge in [-0.25, -0.2) is 9.97 Å². The lowest BCUT2D eigenvalue weighted by atomic mass is 10.2. The van der Waals surface area contributed by atoms with Gasteiger partial charge in [0.2, 0.25) is 0 Å². The van der Waals surface area contributed by atoms with Crippen molar-refractivity contribution < 1.29 is 9.47 Å². The first-order valence-corrected chi connectivity index (χ1v) is 10.6. The minimum atomic E-state index is -0.273. The highest BCUT2D eigenvalue weighted by molar-refractivity contribution is 7.13. The molecule has 0 bridgehead atoms. The van der Waals surface area contributed by atoms with Crippen molar-refractivity contribution in [1.29, 1.82) is 0 Å². The Labute approximate surface area is 186 Å². The normalized spacial score (nSPS) is 11.1. The van der Waals surface area contributed by atoms with E-state index in [4.69, 9.17) is 9.47 Å². The van der Waals surface area contributed by atoms with Crippen LogP contribution in [0.3, 0.4) is 0 Å². The van der Waals surface area contributed by atoms with Gasteiger partial charge in [0.05, 0.1) is 37.7 Å². The van der Waals surface area contributed by atoms with Gasteiger partial charge in [-0.3, -0.25) is 9.36 Å². The minimum Gasteiger partial charge on any atom is -0.493 e. The van der Waals surface area contributed by atoms with E-state index in [0.29, 0.717) is 17.1 Å². The van der Waals surface area contributed by atoms with E-state index in [0.717, 1.165) is 22.0 Å². The smallest absolute Gasteiger partial charge is 0.283 e. The molecule has 0 amide bonds. The second kappa shape index (κ2) is 8.23. The van der Waals surface area contributed by atoms with Gasteiger partial charge in [-0.2, -0.15) is 4.68 Å². The topological polar surface area (TPSA) is 97.0 Å². The molecule has 3 heterocycles. The Hall–Kier alpha value is -4.05. The van der Waals surface area contributed by atoms with Gasteiger partial charge in [0.15, 0.2) is 22.7 Å². The second-order valence-electron chi connectivity index (χ2n) is 6.87. The maximum absolute atomic E-state index is 13.0. The van der Waals surface area contributed by atoms with E-state index in [1.54, 1.807) is 18.9 Å². The van der Waals surface area contributed by atoms with Crippen molar-refractivity contribution in [3.8, 4) is 27.8 Å². The van der Waals surface area contributed by atoms with E-state index in [1.807, 2.05) is 53.9 Å². The number of benzene rings is 2. The zero-order chi connectivity index (χ0) is 22.1. The highest BCUT2D eigenvalue weighted by atomic mass is 32.1. The van der Waals surface area contributed by atoms with Gasteiger partial charge in [-0.05, 0) is 24.3 Å². The van der Waals surface area contributed by atoms with Gasteiger partial charge < -0.3 is 9.47 Å². The summed E-state index contributed by atoms with van der Waals surface area (Å²) >= 11 is 1.47. The number of methoxy groups -OCH3 is 2. The summed E-state index contributed by atoms with van der Waals surface area (Å²) in [6, 6.07) is 15.1. The van der Waals surface area contributed by atoms with E-state index in [-0.39, 0.29) is 17.6 Å². The summed E-state index contributed by atoms with van der Waals surface area (Å²) in [5.74, 6) is 1.25. The van der Waals surface area contributed by atoms with Crippen molar-refractivity contribution in [2.75, 3.05) is 14.2 Å². The summed E-state index contributed by atoms with van der Waals surface area (Å²) in [5, 5.41) is 10.8. The molecular weight excluding hydrogens is 428 g/mol. The van der Waals surface area contributed by atoms with Crippen LogP contribution in [0.25, 0.3) is 27.4 Å². The molecule has 0 aliphatic rings. The van der Waals surface area contributed by atoms with Crippen LogP contribution in [0.5, 0.6) is 11.5 Å². The van der Waals surface area contributed by atoms with E-state index in [1.165, 1.54) is 22.2 Å². The lowest BCUT2D eigenvalue weighted by Crippen LogP contribution is -2.21. The molecule has 160 valence electrons. The molecule has 5 aromatic rings. The monoisotopic (exact) mass is 446 g/mol. The molecule has 10 heteroatoms. The predicted octanol–water partition coefficient (Wildman–Crippen LogP) is 3.17. The van der Waals surface area contributed by atoms with Crippen LogP contribution in [-0.4, -0.2) is 43.7 Å². The summed E-state index contributed by atoms with van der Waals surface area (Å²) in [6.45, 7) is 0.267. The summed E-state index contributed by atoms with van der Waals surface area (Å²) < 4.78 is 13.9. The zero-order valence-corrected chi connectivity index (χ0v) is 18.1. The fourth-order valence-corrected chi connectivity index (χ4v) is 4.27. The molecule has 0 aliphatic carbocycles. The van der Waals surface area contributed by atoms with Crippen LogP contribution in [0, 0.1) is 0 Å². The Morgan fingerprint density at radius 1 is 1.03 bits per heavy atom. The van der Waals surface area contributed by atoms with Gasteiger partial charge in [0.25, 0.3) is 5.56 Å². The van der Waals surface area contributed by atoms with Crippen LogP contribution in [0.1, 0.15) is 5.69 Å². The molecule has 0 spiro atoms. The van der Waals surface area contributed by atoms with Gasteiger partial charge in [-0.1, -0.05) is 29.5 Å². The van der Waals surface area contributed by atoms with E-state index >= 15 is 0 Å². The summed E-state index contributed by atoms with van der Waals surface area (Å²) in [7, 11) is 3.19. The predicted molar refractivity (Wildman–Crippen MR) is 121 cm³/mol. The third-order valence-electron chi connectivity index (χ3n) is 4.95. The van der Waals surface area contributed by atoms with Crippen LogP contribution in [-0.2, 0) is 6.54 Å². The van der Waals surface area contributed by atoms with E-state index in [2.05, 4.69) is 20.3 Å². The third kappa shape index (κ3) is 3.40. The van der Waals surface area contributed by atoms with Crippen molar-refractivity contribution in [3.05, 3.63) is 76.3 Å². The number of thiazole rings is 1. The van der Waals surface area contributed by atoms with Gasteiger partial charge >= 0.3 is 0 Å². The molecule has 0 saturated carbocycles.